The van der Waals surface area contributed by atoms with E-state index in [0.717, 1.165) is 30.5 Å². The van der Waals surface area contributed by atoms with Gasteiger partial charge in [0.1, 0.15) is 12.4 Å². The second-order valence-corrected chi connectivity index (χ2v) is 9.37. The molecule has 5 rings (SSSR count). The number of halogens is 3. The smallest absolute Gasteiger partial charge is 0.416 e. The minimum Gasteiger partial charge on any atom is -0.445 e. The number of hydrogen-bond acceptors (Lipinski definition) is 5. The Balaban J connectivity index is 1.08. The second-order valence-electron chi connectivity index (χ2n) is 9.37. The van der Waals surface area contributed by atoms with Gasteiger partial charge < -0.3 is 19.3 Å². The average Bonchev–Trinajstić information content (AvgIpc) is 3.19. The Hall–Kier alpha value is -3.56. The molecule has 2 fully saturated rings. The molecule has 1 spiro atoms. The zero-order chi connectivity index (χ0) is 24.8. The molecule has 10 heteroatoms. The third-order valence-corrected chi connectivity index (χ3v) is 6.94. The molecule has 2 aromatic carbocycles. The molecule has 3 heterocycles. The van der Waals surface area contributed by atoms with Crippen molar-refractivity contribution in [2.75, 3.05) is 26.2 Å². The van der Waals surface area contributed by atoms with E-state index in [0.29, 0.717) is 43.1 Å². The predicted molar refractivity (Wildman–Crippen MR) is 117 cm³/mol. The maximum Gasteiger partial charge on any atom is 0.416 e. The number of alkyl halides is 3. The van der Waals surface area contributed by atoms with Crippen LogP contribution in [-0.4, -0.2) is 53.9 Å². The quantitative estimate of drug-likeness (QED) is 0.482. The van der Waals surface area contributed by atoms with Crippen LogP contribution in [0, 0.1) is 5.41 Å². The van der Waals surface area contributed by atoms with Crippen LogP contribution in [0.1, 0.15) is 39.9 Å². The van der Waals surface area contributed by atoms with E-state index in [-0.39, 0.29) is 30.3 Å². The highest BCUT2D eigenvalue weighted by molar-refractivity contribution is 5.96. The number of nitrogens with zero attached hydrogens (tertiary/aromatic N) is 2. The van der Waals surface area contributed by atoms with Gasteiger partial charge in [-0.05, 0) is 42.7 Å². The van der Waals surface area contributed by atoms with Crippen molar-refractivity contribution >= 4 is 18.0 Å². The first-order valence-corrected chi connectivity index (χ1v) is 11.3. The van der Waals surface area contributed by atoms with Crippen LogP contribution in [0.3, 0.4) is 0 Å². The number of carbonyl (C=O) groups is 3. The summed E-state index contributed by atoms with van der Waals surface area (Å²) in [7, 11) is 0. The zero-order valence-electron chi connectivity index (χ0n) is 18.8. The molecule has 35 heavy (non-hydrogen) atoms. The van der Waals surface area contributed by atoms with E-state index in [4.69, 9.17) is 9.47 Å². The minimum absolute atomic E-state index is 0.0386. The molecule has 184 valence electrons. The summed E-state index contributed by atoms with van der Waals surface area (Å²) in [5.74, 6) is 0.0103. The van der Waals surface area contributed by atoms with Gasteiger partial charge in [0.05, 0.1) is 12.0 Å². The number of amides is 2. The lowest BCUT2D eigenvalue weighted by Crippen LogP contribution is -2.62. The van der Waals surface area contributed by atoms with Crippen molar-refractivity contribution < 1.29 is 37.0 Å². The molecule has 0 radical (unpaired) electrons. The van der Waals surface area contributed by atoms with Crippen LogP contribution in [-0.2, 0) is 28.7 Å². The molecule has 2 aromatic rings. The second kappa shape index (κ2) is 8.58. The molecule has 0 unspecified atom stereocenters. The highest BCUT2D eigenvalue weighted by Gasteiger charge is 2.47. The van der Waals surface area contributed by atoms with E-state index in [2.05, 4.69) is 0 Å². The number of carbonyl (C=O) groups excluding carboxylic acids is 3. The highest BCUT2D eigenvalue weighted by atomic mass is 19.4. The van der Waals surface area contributed by atoms with Crippen LogP contribution >= 0.6 is 0 Å². The van der Waals surface area contributed by atoms with Gasteiger partial charge in [0.2, 0.25) is 0 Å². The van der Waals surface area contributed by atoms with E-state index >= 15 is 0 Å². The van der Waals surface area contributed by atoms with Gasteiger partial charge in [-0.15, -0.1) is 0 Å². The lowest BCUT2D eigenvalue weighted by molar-refractivity contribution is -0.137. The third-order valence-electron chi connectivity index (χ3n) is 6.94. The summed E-state index contributed by atoms with van der Waals surface area (Å²) in [6, 6.07) is 9.60. The van der Waals surface area contributed by atoms with Crippen molar-refractivity contribution in [2.45, 2.75) is 32.0 Å². The standard InChI is InChI=1S/C25H23F3N2O5/c26-25(27,28)19-5-1-16(2-6-19)13-34-23(33)29-9-7-24(8-10-29)14-30(15-24)22(32)18-4-3-17-12-21(31)35-20(17)11-18/h1-6,11H,7-10,12-15H2. The summed E-state index contributed by atoms with van der Waals surface area (Å²) >= 11 is 0. The minimum atomic E-state index is -4.41. The van der Waals surface area contributed by atoms with Crippen LogP contribution < -0.4 is 4.74 Å². The fourth-order valence-corrected chi connectivity index (χ4v) is 4.84. The zero-order valence-corrected chi connectivity index (χ0v) is 18.8. The molecule has 3 aliphatic heterocycles. The Morgan fingerprint density at radius 3 is 2.34 bits per heavy atom. The largest absolute Gasteiger partial charge is 0.445 e. The van der Waals surface area contributed by atoms with Crippen LogP contribution in [0.4, 0.5) is 18.0 Å². The number of benzene rings is 2. The van der Waals surface area contributed by atoms with Crippen molar-refractivity contribution in [3.8, 4) is 5.75 Å². The molecule has 0 N–H and O–H groups in total. The number of likely N-dealkylation sites (tertiary alicyclic amines) is 2. The monoisotopic (exact) mass is 488 g/mol. The van der Waals surface area contributed by atoms with E-state index in [1.807, 2.05) is 0 Å². The molecular formula is C25H23F3N2O5. The molecule has 0 atom stereocenters. The third kappa shape index (κ3) is 4.69. The Morgan fingerprint density at radius 2 is 1.69 bits per heavy atom. The number of hydrogen-bond donors (Lipinski definition) is 0. The van der Waals surface area contributed by atoms with Crippen molar-refractivity contribution in [3.05, 3.63) is 64.7 Å². The molecule has 2 saturated heterocycles. The van der Waals surface area contributed by atoms with Gasteiger partial charge in [-0.25, -0.2) is 4.79 Å². The van der Waals surface area contributed by atoms with Crippen molar-refractivity contribution in [1.82, 2.24) is 9.80 Å². The summed E-state index contributed by atoms with van der Waals surface area (Å²) in [4.78, 5) is 40.0. The van der Waals surface area contributed by atoms with Crippen molar-refractivity contribution in [1.29, 1.82) is 0 Å². The van der Waals surface area contributed by atoms with Gasteiger partial charge in [0.25, 0.3) is 5.91 Å². The van der Waals surface area contributed by atoms with Gasteiger partial charge in [-0.2, -0.15) is 13.2 Å². The van der Waals surface area contributed by atoms with Gasteiger partial charge >= 0.3 is 18.2 Å². The fraction of sp³-hybridized carbons (Fsp3) is 0.400. The normalized spacial score (nSPS) is 18.7. The van der Waals surface area contributed by atoms with Crippen molar-refractivity contribution in [3.63, 3.8) is 0 Å². The maximum atomic E-state index is 12.8. The Morgan fingerprint density at radius 1 is 1.00 bits per heavy atom. The fourth-order valence-electron chi connectivity index (χ4n) is 4.84. The number of piperidine rings is 1. The van der Waals surface area contributed by atoms with Crippen LogP contribution in [0.25, 0.3) is 0 Å². The Bertz CT molecular complexity index is 1160. The summed E-state index contributed by atoms with van der Waals surface area (Å²) < 4.78 is 48.4. The topological polar surface area (TPSA) is 76.2 Å². The maximum absolute atomic E-state index is 12.8. The van der Waals surface area contributed by atoms with Crippen LogP contribution in [0.15, 0.2) is 42.5 Å². The highest BCUT2D eigenvalue weighted by Crippen LogP contribution is 2.41. The van der Waals surface area contributed by atoms with Gasteiger partial charge in [0, 0.05) is 42.7 Å². The van der Waals surface area contributed by atoms with Gasteiger partial charge in [0.15, 0.2) is 0 Å². The first kappa shape index (κ1) is 23.2. The summed E-state index contributed by atoms with van der Waals surface area (Å²) in [6.07, 6.45) is -3.22. The molecule has 2 amide bonds. The van der Waals surface area contributed by atoms with Crippen molar-refractivity contribution in [2.24, 2.45) is 5.41 Å². The Labute approximate surface area is 199 Å². The summed E-state index contributed by atoms with van der Waals surface area (Å²) in [5, 5.41) is 0. The summed E-state index contributed by atoms with van der Waals surface area (Å²) in [6.45, 7) is 2.07. The SMILES string of the molecule is O=C1Cc2ccc(C(=O)N3CC4(CCN(C(=O)OCc5ccc(C(F)(F)F)cc5)CC4)C3)cc2O1. The van der Waals surface area contributed by atoms with Gasteiger partial charge in [-0.3, -0.25) is 9.59 Å². The van der Waals surface area contributed by atoms with E-state index in [9.17, 15) is 27.6 Å². The van der Waals surface area contributed by atoms with E-state index in [1.165, 1.54) is 12.1 Å². The van der Waals surface area contributed by atoms with Gasteiger partial charge in [-0.1, -0.05) is 18.2 Å². The lowest BCUT2D eigenvalue weighted by Gasteiger charge is -2.53. The lowest BCUT2D eigenvalue weighted by atomic mass is 9.72. The molecule has 0 bridgehead atoms. The molecule has 0 aromatic heterocycles. The van der Waals surface area contributed by atoms with Crippen LogP contribution in [0.5, 0.6) is 5.75 Å². The summed E-state index contributed by atoms with van der Waals surface area (Å²) in [5.41, 5.74) is 0.959. The Kier molecular flexibility index (Phi) is 5.69. The number of rotatable bonds is 3. The van der Waals surface area contributed by atoms with Crippen LogP contribution in [0.2, 0.25) is 0 Å². The molecule has 0 aliphatic carbocycles. The molecule has 7 nitrogen and oxygen atoms in total. The number of fused-ring (bicyclic) bond motifs is 1. The number of esters is 1. The van der Waals surface area contributed by atoms with E-state index < -0.39 is 17.8 Å². The first-order chi connectivity index (χ1) is 16.6. The van der Waals surface area contributed by atoms with E-state index in [1.54, 1.807) is 28.0 Å². The molecule has 0 saturated carbocycles. The molecular weight excluding hydrogens is 465 g/mol. The molecule has 3 aliphatic rings. The average molecular weight is 488 g/mol. The number of ether oxygens (including phenoxy) is 2. The predicted octanol–water partition coefficient (Wildman–Crippen LogP) is 4.04. The first-order valence-electron chi connectivity index (χ1n) is 11.3.